The molecule has 1 aromatic heterocycles. The maximum atomic E-state index is 14.4. The van der Waals surface area contributed by atoms with Crippen LogP contribution in [-0.4, -0.2) is 21.8 Å². The van der Waals surface area contributed by atoms with E-state index in [2.05, 4.69) is 10.3 Å². The lowest BCUT2D eigenvalue weighted by Gasteiger charge is -2.38. The van der Waals surface area contributed by atoms with Crippen LogP contribution < -0.4 is 5.32 Å². The number of thioether (sulfide) groups is 1. The number of amides is 1. The Morgan fingerprint density at radius 3 is 1.91 bits per heavy atom. The summed E-state index contributed by atoms with van der Waals surface area (Å²) in [7, 11) is 0. The third-order valence-corrected chi connectivity index (χ3v) is 6.58. The number of imidazole rings is 1. The van der Waals surface area contributed by atoms with Crippen molar-refractivity contribution >= 4 is 17.8 Å². The Balaban J connectivity index is 1.76. The Hall–Kier alpha value is -3.52. The van der Waals surface area contributed by atoms with E-state index in [0.717, 1.165) is 0 Å². The topological polar surface area (TPSA) is 46.9 Å². The summed E-state index contributed by atoms with van der Waals surface area (Å²) < 4.78 is 44.5. The van der Waals surface area contributed by atoms with Crippen LogP contribution in [0.1, 0.15) is 5.56 Å². The predicted molar refractivity (Wildman–Crippen MR) is 117 cm³/mol. The highest BCUT2D eigenvalue weighted by Crippen LogP contribution is 2.53. The van der Waals surface area contributed by atoms with E-state index < -0.39 is 17.1 Å². The van der Waals surface area contributed by atoms with Gasteiger partial charge in [-0.3, -0.25) is 0 Å². The molecule has 0 radical (unpaired) electrons. The van der Waals surface area contributed by atoms with Gasteiger partial charge in [0.2, 0.25) is 4.87 Å². The fraction of sp³-hybridized carbons (Fsp3) is 0.0833. The maximum absolute atomic E-state index is 14.4. The summed E-state index contributed by atoms with van der Waals surface area (Å²) >= 11 is 0.487. The van der Waals surface area contributed by atoms with Crippen molar-refractivity contribution in [2.24, 2.45) is 0 Å². The van der Waals surface area contributed by atoms with Crippen molar-refractivity contribution < 1.29 is 18.0 Å². The number of carbonyl (C=O) groups excluding carboxylic acids is 1. The number of aromatic nitrogens is 2. The van der Waals surface area contributed by atoms with Crippen molar-refractivity contribution in [1.82, 2.24) is 14.9 Å². The van der Waals surface area contributed by atoms with E-state index in [9.17, 15) is 18.0 Å². The highest BCUT2D eigenvalue weighted by Gasteiger charge is 2.61. The van der Waals surface area contributed by atoms with Gasteiger partial charge < -0.3 is 5.32 Å². The number of alkyl halides is 3. The average molecular weight is 451 g/mol. The first-order valence-electron chi connectivity index (χ1n) is 9.78. The van der Waals surface area contributed by atoms with E-state index >= 15 is 0 Å². The van der Waals surface area contributed by atoms with Crippen molar-refractivity contribution in [3.8, 4) is 22.5 Å². The number of fused-ring (bicyclic) bond motifs is 1. The van der Waals surface area contributed by atoms with Crippen molar-refractivity contribution in [2.45, 2.75) is 16.2 Å². The molecule has 2 heterocycles. The number of nitrogens with zero attached hydrogens (tertiary/aromatic N) is 2. The van der Waals surface area contributed by atoms with Gasteiger partial charge in [0, 0.05) is 11.1 Å². The molecule has 1 aliphatic heterocycles. The van der Waals surface area contributed by atoms with Crippen LogP contribution in [-0.2, 0) is 4.87 Å². The molecule has 4 nitrogen and oxygen atoms in total. The second kappa shape index (κ2) is 7.56. The minimum atomic E-state index is -4.76. The van der Waals surface area contributed by atoms with E-state index in [1.165, 1.54) is 28.8 Å². The normalized spacial score (nSPS) is 18.2. The first-order chi connectivity index (χ1) is 15.4. The molecule has 32 heavy (non-hydrogen) atoms. The van der Waals surface area contributed by atoms with Gasteiger partial charge in [0.15, 0.2) is 5.16 Å². The van der Waals surface area contributed by atoms with Crippen LogP contribution in [0.5, 0.6) is 0 Å². The van der Waals surface area contributed by atoms with Crippen LogP contribution in [0.15, 0.2) is 96.2 Å². The number of hydrogen-bond acceptors (Lipinski definition) is 3. The Kier molecular flexibility index (Phi) is 4.82. The molecule has 1 N–H and O–H groups in total. The van der Waals surface area contributed by atoms with E-state index in [1.54, 1.807) is 18.2 Å². The summed E-state index contributed by atoms with van der Waals surface area (Å²) in [5, 5.41) is 2.22. The smallest absolute Gasteiger partial charge is 0.311 e. The third-order valence-electron chi connectivity index (χ3n) is 5.25. The van der Waals surface area contributed by atoms with Gasteiger partial charge in [-0.15, -0.1) is 0 Å². The molecule has 1 amide bonds. The Labute approximate surface area is 186 Å². The molecular formula is C24H16F3N3OS. The minimum Gasteiger partial charge on any atom is -0.311 e. The van der Waals surface area contributed by atoms with Gasteiger partial charge in [-0.05, 0) is 17.3 Å². The third kappa shape index (κ3) is 3.18. The van der Waals surface area contributed by atoms with E-state index in [4.69, 9.17) is 0 Å². The van der Waals surface area contributed by atoms with Gasteiger partial charge in [-0.1, -0.05) is 91.0 Å². The van der Waals surface area contributed by atoms with Gasteiger partial charge in [0.25, 0.3) is 0 Å². The fourth-order valence-electron chi connectivity index (χ4n) is 3.78. The summed E-state index contributed by atoms with van der Waals surface area (Å²) in [6.07, 6.45) is -4.76. The van der Waals surface area contributed by atoms with Gasteiger partial charge in [0.1, 0.15) is 0 Å². The fourth-order valence-corrected chi connectivity index (χ4v) is 4.97. The lowest BCUT2D eigenvalue weighted by atomic mass is 10.0. The first-order valence-corrected chi connectivity index (χ1v) is 10.6. The van der Waals surface area contributed by atoms with Crippen LogP contribution in [0.2, 0.25) is 0 Å². The summed E-state index contributed by atoms with van der Waals surface area (Å²) in [6, 6.07) is 24.7. The lowest BCUT2D eigenvalue weighted by Crippen LogP contribution is -2.57. The molecule has 8 heteroatoms. The highest BCUT2D eigenvalue weighted by atomic mass is 32.2. The number of hydrogen-bond donors (Lipinski definition) is 1. The summed E-state index contributed by atoms with van der Waals surface area (Å²) in [6.45, 7) is 0. The largest absolute Gasteiger partial charge is 0.425 e. The van der Waals surface area contributed by atoms with Crippen LogP contribution in [0, 0.1) is 0 Å². The molecule has 0 saturated heterocycles. The predicted octanol–water partition coefficient (Wildman–Crippen LogP) is 6.30. The lowest BCUT2D eigenvalue weighted by molar-refractivity contribution is -0.167. The van der Waals surface area contributed by atoms with E-state index in [1.807, 2.05) is 48.5 Å². The number of halogens is 3. The van der Waals surface area contributed by atoms with Gasteiger partial charge in [-0.2, -0.15) is 13.2 Å². The SMILES string of the molecule is O=C1N[C@](c2ccccc2)(C(F)(F)F)Sc2nc(-c3ccccc3)c(-c3ccccc3)n21. The van der Waals surface area contributed by atoms with Crippen LogP contribution in [0.25, 0.3) is 22.5 Å². The zero-order valence-corrected chi connectivity index (χ0v) is 17.3. The average Bonchev–Trinajstić information content (AvgIpc) is 3.20. The van der Waals surface area contributed by atoms with Crippen LogP contribution in [0.3, 0.4) is 0 Å². The first kappa shape index (κ1) is 20.4. The van der Waals surface area contributed by atoms with Crippen LogP contribution in [0.4, 0.5) is 18.0 Å². The molecule has 0 spiro atoms. The molecule has 5 rings (SSSR count). The molecule has 160 valence electrons. The van der Waals surface area contributed by atoms with Crippen LogP contribution >= 0.6 is 11.8 Å². The van der Waals surface area contributed by atoms with Crippen molar-refractivity contribution in [3.05, 3.63) is 96.6 Å². The molecular weight excluding hydrogens is 435 g/mol. The van der Waals surface area contributed by atoms with Crippen molar-refractivity contribution in [3.63, 3.8) is 0 Å². The molecule has 4 aromatic rings. The summed E-state index contributed by atoms with van der Waals surface area (Å²) in [5.74, 6) is 0. The molecule has 1 aliphatic rings. The van der Waals surface area contributed by atoms with Crippen molar-refractivity contribution in [2.75, 3.05) is 0 Å². The van der Waals surface area contributed by atoms with E-state index in [0.29, 0.717) is 34.3 Å². The van der Waals surface area contributed by atoms with Gasteiger partial charge in [0.05, 0.1) is 11.4 Å². The minimum absolute atomic E-state index is 0.0207. The molecule has 0 bridgehead atoms. The Morgan fingerprint density at radius 1 is 0.812 bits per heavy atom. The summed E-state index contributed by atoms with van der Waals surface area (Å²) in [4.78, 5) is 15.2. The zero-order valence-electron chi connectivity index (χ0n) is 16.5. The molecule has 0 aliphatic carbocycles. The highest BCUT2D eigenvalue weighted by molar-refractivity contribution is 8.00. The quantitative estimate of drug-likeness (QED) is 0.398. The molecule has 3 aromatic carbocycles. The van der Waals surface area contributed by atoms with Gasteiger partial charge >= 0.3 is 12.2 Å². The summed E-state index contributed by atoms with van der Waals surface area (Å²) in [5.41, 5.74) is 2.21. The second-order valence-electron chi connectivity index (χ2n) is 7.24. The zero-order chi connectivity index (χ0) is 22.3. The monoisotopic (exact) mass is 451 g/mol. The number of rotatable bonds is 3. The number of carbonyl (C=O) groups is 1. The molecule has 0 unspecified atom stereocenters. The van der Waals surface area contributed by atoms with Crippen molar-refractivity contribution in [1.29, 1.82) is 0 Å². The Morgan fingerprint density at radius 2 is 1.34 bits per heavy atom. The molecule has 0 fully saturated rings. The number of benzene rings is 3. The van der Waals surface area contributed by atoms with E-state index in [-0.39, 0.29) is 10.7 Å². The molecule has 0 saturated carbocycles. The van der Waals surface area contributed by atoms with Gasteiger partial charge in [-0.25, -0.2) is 14.3 Å². The maximum Gasteiger partial charge on any atom is 0.425 e. The standard InChI is InChI=1S/C24H16F3N3OS/c25-24(26,27)23(18-14-8-3-9-15-18)29-21(31)30-20(17-12-6-2-7-13-17)19(28-22(30)32-23)16-10-4-1-5-11-16/h1-15H,(H,29,31)/t23-/m0/s1. The Bertz CT molecular complexity index is 1270. The molecule has 1 atom stereocenters. The second-order valence-corrected chi connectivity index (χ2v) is 8.42. The number of nitrogens with one attached hydrogen (secondary N) is 1.